The third-order valence-corrected chi connectivity index (χ3v) is 3.55. The van der Waals surface area contributed by atoms with Gasteiger partial charge in [-0.1, -0.05) is 11.6 Å². The van der Waals surface area contributed by atoms with Crippen molar-refractivity contribution in [2.24, 2.45) is 0 Å². The average Bonchev–Trinajstić information content (AvgIpc) is 2.44. The monoisotopic (exact) mass is 324 g/mol. The van der Waals surface area contributed by atoms with Crippen LogP contribution in [-0.4, -0.2) is 19.2 Å². The highest BCUT2D eigenvalue weighted by Crippen LogP contribution is 2.32. The van der Waals surface area contributed by atoms with E-state index in [0.717, 1.165) is 0 Å². The summed E-state index contributed by atoms with van der Waals surface area (Å²) in [6, 6.07) is 3.27. The lowest BCUT2D eigenvalue weighted by Crippen LogP contribution is -2.16. The molecule has 0 saturated carbocycles. The van der Waals surface area contributed by atoms with E-state index in [9.17, 15) is 9.59 Å². The first kappa shape index (κ1) is 16.4. The molecule has 0 fully saturated rings. The molecule has 0 unspecified atom stereocenters. The lowest BCUT2D eigenvalue weighted by Gasteiger charge is -2.13. The maximum absolute atomic E-state index is 12.1. The van der Waals surface area contributed by atoms with Crippen LogP contribution in [0, 0.1) is 6.92 Å². The summed E-state index contributed by atoms with van der Waals surface area (Å²) in [6.07, 6.45) is -0.191. The molecule has 1 aromatic carbocycles. The summed E-state index contributed by atoms with van der Waals surface area (Å²) < 4.78 is 15.5. The van der Waals surface area contributed by atoms with Crippen molar-refractivity contribution in [1.82, 2.24) is 0 Å². The Hall–Kier alpha value is -2.01. The summed E-state index contributed by atoms with van der Waals surface area (Å²) in [5.41, 5.74) is 0.729. The van der Waals surface area contributed by atoms with Crippen LogP contribution in [-0.2, 0) is 16.0 Å². The summed E-state index contributed by atoms with van der Waals surface area (Å²) in [4.78, 5) is 23.5. The minimum absolute atomic E-state index is 0.0543. The molecule has 2 aromatic rings. The standard InChI is InChI=1S/C16H17ClO5/c1-8(2)21-14-7-13-10(5-12(14)17)9(3)11(16(19)22-13)6-15(18)20-4/h5,7-8H,6H2,1-4H3. The van der Waals surface area contributed by atoms with Gasteiger partial charge in [0.1, 0.15) is 11.3 Å². The van der Waals surface area contributed by atoms with Gasteiger partial charge in [-0.3, -0.25) is 4.79 Å². The van der Waals surface area contributed by atoms with Crippen LogP contribution >= 0.6 is 11.6 Å². The fraction of sp³-hybridized carbons (Fsp3) is 0.375. The first-order chi connectivity index (χ1) is 10.3. The molecule has 0 amide bonds. The average molecular weight is 325 g/mol. The molecule has 1 aromatic heterocycles. The van der Waals surface area contributed by atoms with Crippen LogP contribution in [0.5, 0.6) is 5.75 Å². The number of carbonyl (C=O) groups excluding carboxylic acids is 1. The van der Waals surface area contributed by atoms with Crippen LogP contribution in [0.3, 0.4) is 0 Å². The third-order valence-electron chi connectivity index (χ3n) is 3.25. The van der Waals surface area contributed by atoms with Crippen molar-refractivity contribution in [3.8, 4) is 5.75 Å². The molecule has 0 aliphatic heterocycles. The van der Waals surface area contributed by atoms with Gasteiger partial charge in [0.25, 0.3) is 0 Å². The van der Waals surface area contributed by atoms with E-state index in [0.29, 0.717) is 27.3 Å². The van der Waals surface area contributed by atoms with Crippen LogP contribution in [0.4, 0.5) is 0 Å². The predicted octanol–water partition coefficient (Wildman–Crippen LogP) is 3.26. The van der Waals surface area contributed by atoms with Crippen LogP contribution in [0.1, 0.15) is 25.0 Å². The van der Waals surface area contributed by atoms with Gasteiger partial charge in [-0.05, 0) is 32.4 Å². The Morgan fingerprint density at radius 1 is 1.36 bits per heavy atom. The summed E-state index contributed by atoms with van der Waals surface area (Å²) in [5.74, 6) is -0.0481. The van der Waals surface area contributed by atoms with Crippen LogP contribution < -0.4 is 10.4 Å². The smallest absolute Gasteiger partial charge is 0.340 e. The van der Waals surface area contributed by atoms with E-state index in [-0.39, 0.29) is 18.1 Å². The Labute approximate surface area is 132 Å². The molecule has 22 heavy (non-hydrogen) atoms. The zero-order valence-corrected chi connectivity index (χ0v) is 13.6. The highest BCUT2D eigenvalue weighted by Gasteiger charge is 2.17. The normalized spacial score (nSPS) is 11.0. The SMILES string of the molecule is COC(=O)Cc1c(C)c2cc(Cl)c(OC(C)C)cc2oc1=O. The van der Waals surface area contributed by atoms with Gasteiger partial charge in [0, 0.05) is 11.5 Å². The van der Waals surface area contributed by atoms with Crippen LogP contribution in [0.25, 0.3) is 11.0 Å². The molecule has 0 aliphatic carbocycles. The van der Waals surface area contributed by atoms with Gasteiger partial charge < -0.3 is 13.9 Å². The summed E-state index contributed by atoms with van der Waals surface area (Å²) >= 11 is 6.21. The fourth-order valence-corrected chi connectivity index (χ4v) is 2.36. The maximum Gasteiger partial charge on any atom is 0.340 e. The summed E-state index contributed by atoms with van der Waals surface area (Å²) in [7, 11) is 1.27. The number of carbonyl (C=O) groups is 1. The number of halogens is 1. The molecule has 0 radical (unpaired) electrons. The molecule has 6 heteroatoms. The van der Waals surface area contributed by atoms with E-state index in [2.05, 4.69) is 4.74 Å². The van der Waals surface area contributed by atoms with Gasteiger partial charge in [0.15, 0.2) is 0 Å². The molecule has 2 rings (SSSR count). The van der Waals surface area contributed by atoms with Crippen LogP contribution in [0.15, 0.2) is 21.3 Å². The zero-order valence-electron chi connectivity index (χ0n) is 12.9. The number of hydrogen-bond acceptors (Lipinski definition) is 5. The molecule has 118 valence electrons. The number of aryl methyl sites for hydroxylation is 1. The number of fused-ring (bicyclic) bond motifs is 1. The van der Waals surface area contributed by atoms with Crippen molar-refractivity contribution in [3.05, 3.63) is 38.7 Å². The number of esters is 1. The van der Waals surface area contributed by atoms with Gasteiger partial charge in [0.05, 0.1) is 30.2 Å². The lowest BCUT2D eigenvalue weighted by atomic mass is 10.0. The zero-order chi connectivity index (χ0) is 16.4. The molecule has 0 atom stereocenters. The predicted molar refractivity (Wildman–Crippen MR) is 83.7 cm³/mol. The van der Waals surface area contributed by atoms with E-state index in [1.807, 2.05) is 13.8 Å². The Balaban J connectivity index is 2.61. The molecule has 0 spiro atoms. The maximum atomic E-state index is 12.1. The lowest BCUT2D eigenvalue weighted by molar-refractivity contribution is -0.139. The molecule has 0 N–H and O–H groups in total. The number of hydrogen-bond donors (Lipinski definition) is 0. The molecular weight excluding hydrogens is 308 g/mol. The van der Waals surface area contributed by atoms with Crippen molar-refractivity contribution in [2.75, 3.05) is 7.11 Å². The second-order valence-electron chi connectivity index (χ2n) is 5.19. The van der Waals surface area contributed by atoms with Crippen molar-refractivity contribution in [1.29, 1.82) is 0 Å². The van der Waals surface area contributed by atoms with Gasteiger partial charge in [0.2, 0.25) is 0 Å². The number of rotatable bonds is 4. The minimum Gasteiger partial charge on any atom is -0.489 e. The molecule has 0 saturated heterocycles. The summed E-state index contributed by atoms with van der Waals surface area (Å²) in [6.45, 7) is 5.50. The van der Waals surface area contributed by atoms with Gasteiger partial charge in [-0.15, -0.1) is 0 Å². The number of benzene rings is 1. The second kappa shape index (κ2) is 6.40. The molecular formula is C16H17ClO5. The molecule has 5 nitrogen and oxygen atoms in total. The van der Waals surface area contributed by atoms with Crippen molar-refractivity contribution in [2.45, 2.75) is 33.3 Å². The Morgan fingerprint density at radius 3 is 2.64 bits per heavy atom. The van der Waals surface area contributed by atoms with Crippen molar-refractivity contribution < 1.29 is 18.7 Å². The Morgan fingerprint density at radius 2 is 2.05 bits per heavy atom. The van der Waals surface area contributed by atoms with E-state index >= 15 is 0 Å². The third kappa shape index (κ3) is 3.25. The minimum atomic E-state index is -0.562. The van der Waals surface area contributed by atoms with Gasteiger partial charge >= 0.3 is 11.6 Å². The molecule has 1 heterocycles. The highest BCUT2D eigenvalue weighted by atomic mass is 35.5. The van der Waals surface area contributed by atoms with Gasteiger partial charge in [-0.25, -0.2) is 4.79 Å². The quantitative estimate of drug-likeness (QED) is 0.638. The van der Waals surface area contributed by atoms with E-state index < -0.39 is 11.6 Å². The largest absolute Gasteiger partial charge is 0.489 e. The first-order valence-electron chi connectivity index (χ1n) is 6.82. The molecule has 0 aliphatic rings. The molecule has 0 bridgehead atoms. The summed E-state index contributed by atoms with van der Waals surface area (Å²) in [5, 5.41) is 1.08. The van der Waals surface area contributed by atoms with E-state index in [1.54, 1.807) is 19.1 Å². The van der Waals surface area contributed by atoms with Crippen molar-refractivity contribution >= 4 is 28.5 Å². The van der Waals surface area contributed by atoms with E-state index in [4.69, 9.17) is 20.8 Å². The fourth-order valence-electron chi connectivity index (χ4n) is 2.15. The van der Waals surface area contributed by atoms with Gasteiger partial charge in [-0.2, -0.15) is 0 Å². The Bertz CT molecular complexity index is 776. The highest BCUT2D eigenvalue weighted by molar-refractivity contribution is 6.32. The first-order valence-corrected chi connectivity index (χ1v) is 7.20. The van der Waals surface area contributed by atoms with Crippen LogP contribution in [0.2, 0.25) is 5.02 Å². The second-order valence-corrected chi connectivity index (χ2v) is 5.60. The Kier molecular flexibility index (Phi) is 4.76. The van der Waals surface area contributed by atoms with E-state index in [1.165, 1.54) is 7.11 Å². The topological polar surface area (TPSA) is 65.7 Å². The number of ether oxygens (including phenoxy) is 2. The van der Waals surface area contributed by atoms with Crippen molar-refractivity contribution in [3.63, 3.8) is 0 Å². The number of methoxy groups -OCH3 is 1.